The van der Waals surface area contributed by atoms with Crippen LogP contribution >= 0.6 is 11.6 Å². The molecule has 1 aliphatic rings. The zero-order valence-electron chi connectivity index (χ0n) is 15.9. The highest BCUT2D eigenvalue weighted by molar-refractivity contribution is 7.89. The summed E-state index contributed by atoms with van der Waals surface area (Å²) in [6.07, 6.45) is 0. The standard InChI is InChI=1S/C20H25ClN2O3S/c1-20(2)16(12-23(3)17-11-14(21)7-10-18(17)26-4)19(20)13-5-8-15(9-6-13)27(22,24)25/h5-11,16,19H,12H2,1-4H3,(H2,22,24,25). The van der Waals surface area contributed by atoms with Gasteiger partial charge in [-0.1, -0.05) is 37.6 Å². The highest BCUT2D eigenvalue weighted by atomic mass is 35.5. The summed E-state index contributed by atoms with van der Waals surface area (Å²) in [4.78, 5) is 2.30. The quantitative estimate of drug-likeness (QED) is 0.787. The first-order valence-electron chi connectivity index (χ1n) is 8.73. The van der Waals surface area contributed by atoms with Gasteiger partial charge in [0.05, 0.1) is 17.7 Å². The maximum Gasteiger partial charge on any atom is 0.238 e. The molecule has 2 aromatic rings. The second-order valence-electron chi connectivity index (χ2n) is 7.72. The van der Waals surface area contributed by atoms with E-state index in [-0.39, 0.29) is 10.3 Å². The molecule has 27 heavy (non-hydrogen) atoms. The van der Waals surface area contributed by atoms with Gasteiger partial charge in [-0.15, -0.1) is 0 Å². The Morgan fingerprint density at radius 2 is 1.81 bits per heavy atom. The molecular formula is C20H25ClN2O3S. The number of hydrogen-bond donors (Lipinski definition) is 1. The molecule has 0 heterocycles. The van der Waals surface area contributed by atoms with Crippen LogP contribution in [0.15, 0.2) is 47.4 Å². The Kier molecular flexibility index (Phi) is 5.18. The Bertz CT molecular complexity index is 942. The molecule has 0 saturated heterocycles. The largest absolute Gasteiger partial charge is 0.495 e. The number of halogens is 1. The van der Waals surface area contributed by atoms with Gasteiger partial charge in [-0.3, -0.25) is 0 Å². The van der Waals surface area contributed by atoms with Crippen LogP contribution in [0.4, 0.5) is 5.69 Å². The van der Waals surface area contributed by atoms with Crippen LogP contribution in [0.1, 0.15) is 25.3 Å². The topological polar surface area (TPSA) is 72.6 Å². The minimum Gasteiger partial charge on any atom is -0.495 e. The molecule has 2 atom stereocenters. The fourth-order valence-corrected chi connectivity index (χ4v) is 4.65. The van der Waals surface area contributed by atoms with E-state index >= 15 is 0 Å². The molecule has 2 unspecified atom stereocenters. The summed E-state index contributed by atoms with van der Waals surface area (Å²) in [7, 11) is 0.0132. The van der Waals surface area contributed by atoms with Crippen molar-refractivity contribution in [2.24, 2.45) is 16.5 Å². The molecule has 7 heteroatoms. The van der Waals surface area contributed by atoms with Crippen LogP contribution in [-0.2, 0) is 10.0 Å². The zero-order chi connectivity index (χ0) is 20.0. The number of anilines is 1. The summed E-state index contributed by atoms with van der Waals surface area (Å²) in [5, 5.41) is 5.86. The molecule has 2 aromatic carbocycles. The molecule has 1 saturated carbocycles. The van der Waals surface area contributed by atoms with Crippen LogP contribution in [0.5, 0.6) is 5.75 Å². The first-order chi connectivity index (χ1) is 12.6. The van der Waals surface area contributed by atoms with E-state index in [2.05, 4.69) is 18.7 Å². The van der Waals surface area contributed by atoms with Gasteiger partial charge < -0.3 is 9.64 Å². The van der Waals surface area contributed by atoms with Crippen LogP contribution in [0.2, 0.25) is 5.02 Å². The third kappa shape index (κ3) is 3.93. The molecule has 0 radical (unpaired) electrons. The monoisotopic (exact) mass is 408 g/mol. The molecule has 146 valence electrons. The fraction of sp³-hybridized carbons (Fsp3) is 0.400. The van der Waals surface area contributed by atoms with Crippen LogP contribution in [0, 0.1) is 11.3 Å². The summed E-state index contributed by atoms with van der Waals surface area (Å²) in [6, 6.07) is 12.5. The van der Waals surface area contributed by atoms with Crippen molar-refractivity contribution in [2.75, 3.05) is 25.6 Å². The number of hydrogen-bond acceptors (Lipinski definition) is 4. The van der Waals surface area contributed by atoms with E-state index in [1.165, 1.54) is 0 Å². The van der Waals surface area contributed by atoms with Crippen molar-refractivity contribution >= 4 is 27.3 Å². The average Bonchev–Trinajstić information content (AvgIpc) is 3.14. The van der Waals surface area contributed by atoms with Crippen LogP contribution in [-0.4, -0.2) is 29.1 Å². The summed E-state index contributed by atoms with van der Waals surface area (Å²) in [5.41, 5.74) is 2.20. The smallest absolute Gasteiger partial charge is 0.238 e. The van der Waals surface area contributed by atoms with E-state index in [0.717, 1.165) is 23.5 Å². The predicted molar refractivity (Wildman–Crippen MR) is 109 cm³/mol. The lowest BCUT2D eigenvalue weighted by Crippen LogP contribution is -2.22. The van der Waals surface area contributed by atoms with Gasteiger partial charge in [0, 0.05) is 18.6 Å². The average molecular weight is 409 g/mol. The number of ether oxygens (including phenoxy) is 1. The molecule has 0 bridgehead atoms. The SMILES string of the molecule is COc1ccc(Cl)cc1N(C)CC1C(c2ccc(S(N)(=O)=O)cc2)C1(C)C. The third-order valence-corrected chi connectivity index (χ3v) is 6.81. The highest BCUT2D eigenvalue weighted by Gasteiger charge is 2.58. The van der Waals surface area contributed by atoms with Crippen LogP contribution in [0.3, 0.4) is 0 Å². The lowest BCUT2D eigenvalue weighted by Gasteiger charge is -2.22. The molecule has 1 aliphatic carbocycles. The summed E-state index contributed by atoms with van der Waals surface area (Å²) in [6.45, 7) is 5.31. The van der Waals surface area contributed by atoms with E-state index < -0.39 is 10.0 Å². The normalized spacial score (nSPS) is 21.0. The molecule has 0 spiro atoms. The molecule has 5 nitrogen and oxygen atoms in total. The van der Waals surface area contributed by atoms with E-state index in [9.17, 15) is 8.42 Å². The summed E-state index contributed by atoms with van der Waals surface area (Å²) in [5.74, 6) is 1.56. The van der Waals surface area contributed by atoms with E-state index in [1.807, 2.05) is 37.4 Å². The first-order valence-corrected chi connectivity index (χ1v) is 10.7. The number of primary sulfonamides is 1. The maximum atomic E-state index is 11.5. The van der Waals surface area contributed by atoms with Gasteiger partial charge in [0.15, 0.2) is 0 Å². The van der Waals surface area contributed by atoms with Gasteiger partial charge in [0.25, 0.3) is 0 Å². The van der Waals surface area contributed by atoms with Crippen molar-refractivity contribution in [3.8, 4) is 5.75 Å². The van der Waals surface area contributed by atoms with E-state index in [1.54, 1.807) is 19.2 Å². The molecule has 0 aromatic heterocycles. The van der Waals surface area contributed by atoms with E-state index in [0.29, 0.717) is 16.9 Å². The van der Waals surface area contributed by atoms with Crippen molar-refractivity contribution in [1.82, 2.24) is 0 Å². The minimum atomic E-state index is -3.67. The van der Waals surface area contributed by atoms with Crippen molar-refractivity contribution in [1.29, 1.82) is 0 Å². The second kappa shape index (κ2) is 7.00. The molecule has 0 amide bonds. The Balaban J connectivity index is 1.79. The number of rotatable bonds is 6. The maximum absolute atomic E-state index is 11.5. The number of methoxy groups -OCH3 is 1. The van der Waals surface area contributed by atoms with Gasteiger partial charge in [-0.25, -0.2) is 13.6 Å². The van der Waals surface area contributed by atoms with Gasteiger partial charge >= 0.3 is 0 Å². The number of nitrogens with two attached hydrogens (primary N) is 1. The van der Waals surface area contributed by atoms with Gasteiger partial charge in [-0.05, 0) is 53.1 Å². The predicted octanol–water partition coefficient (Wildman–Crippen LogP) is 3.87. The lowest BCUT2D eigenvalue weighted by atomic mass is 10.0. The summed E-state index contributed by atoms with van der Waals surface area (Å²) >= 11 is 6.16. The van der Waals surface area contributed by atoms with Crippen LogP contribution < -0.4 is 14.8 Å². The highest BCUT2D eigenvalue weighted by Crippen LogP contribution is 2.64. The van der Waals surface area contributed by atoms with Crippen molar-refractivity contribution in [2.45, 2.75) is 24.7 Å². The zero-order valence-corrected chi connectivity index (χ0v) is 17.5. The summed E-state index contributed by atoms with van der Waals surface area (Å²) < 4.78 is 28.4. The lowest BCUT2D eigenvalue weighted by molar-refractivity contribution is 0.414. The van der Waals surface area contributed by atoms with E-state index in [4.69, 9.17) is 21.5 Å². The molecule has 1 fully saturated rings. The van der Waals surface area contributed by atoms with Gasteiger partial charge in [0.1, 0.15) is 5.75 Å². The number of sulfonamides is 1. The second-order valence-corrected chi connectivity index (χ2v) is 9.71. The molecular weight excluding hydrogens is 384 g/mol. The van der Waals surface area contributed by atoms with Crippen molar-refractivity contribution in [3.63, 3.8) is 0 Å². The Morgan fingerprint density at radius 3 is 2.37 bits per heavy atom. The number of nitrogens with zero attached hydrogens (tertiary/aromatic N) is 1. The van der Waals surface area contributed by atoms with Gasteiger partial charge in [-0.2, -0.15) is 0 Å². The number of benzene rings is 2. The Labute approximate surface area is 166 Å². The minimum absolute atomic E-state index is 0.114. The van der Waals surface area contributed by atoms with Crippen molar-refractivity contribution in [3.05, 3.63) is 53.1 Å². The fourth-order valence-electron chi connectivity index (χ4n) is 3.97. The molecule has 0 aliphatic heterocycles. The Morgan fingerprint density at radius 1 is 1.19 bits per heavy atom. The Hall–Kier alpha value is -1.76. The first kappa shape index (κ1) is 20.0. The molecule has 3 rings (SSSR count). The van der Waals surface area contributed by atoms with Crippen LogP contribution in [0.25, 0.3) is 0 Å². The van der Waals surface area contributed by atoms with Gasteiger partial charge in [0.2, 0.25) is 10.0 Å². The third-order valence-electron chi connectivity index (χ3n) is 5.64. The van der Waals surface area contributed by atoms with Crippen molar-refractivity contribution < 1.29 is 13.2 Å². The molecule has 2 N–H and O–H groups in total.